The van der Waals surface area contributed by atoms with E-state index in [2.05, 4.69) is 69.4 Å². The van der Waals surface area contributed by atoms with Gasteiger partial charge < -0.3 is 15.4 Å². The third-order valence-electron chi connectivity index (χ3n) is 9.48. The first-order valence-corrected chi connectivity index (χ1v) is 19.0. The summed E-state index contributed by atoms with van der Waals surface area (Å²) in [7, 11) is -4.22. The van der Waals surface area contributed by atoms with Crippen molar-refractivity contribution in [3.63, 3.8) is 0 Å². The number of amides is 2. The number of nitrogens with zero attached hydrogens (tertiary/aromatic N) is 2. The molecule has 9 nitrogen and oxygen atoms in total. The highest BCUT2D eigenvalue weighted by atomic mass is 35.5. The van der Waals surface area contributed by atoms with Crippen LogP contribution in [-0.2, 0) is 30.3 Å². The third kappa shape index (κ3) is 8.24. The first-order valence-electron chi connectivity index (χ1n) is 16.7. The van der Waals surface area contributed by atoms with Crippen LogP contribution in [0.2, 0.25) is 10.0 Å². The van der Waals surface area contributed by atoms with Gasteiger partial charge in [-0.2, -0.15) is 5.01 Å². The fourth-order valence-corrected chi connectivity index (χ4v) is 7.52. The van der Waals surface area contributed by atoms with Crippen LogP contribution in [0.15, 0.2) is 101 Å². The van der Waals surface area contributed by atoms with Gasteiger partial charge in [-0.05, 0) is 89.9 Å². The summed E-state index contributed by atoms with van der Waals surface area (Å²) in [6.45, 7) is 12.9. The Morgan fingerprint density at radius 1 is 0.882 bits per heavy atom. The Balaban J connectivity index is 1.34. The Labute approximate surface area is 309 Å². The molecular formula is C39H42Cl2N4O5S. The molecule has 0 fully saturated rings. The fraction of sp³-hybridized carbons (Fsp3) is 0.308. The number of sulfone groups is 1. The Hall–Kier alpha value is -4.38. The lowest BCUT2D eigenvalue weighted by Crippen LogP contribution is -2.41. The second-order valence-corrected chi connectivity index (χ2v) is 16.6. The molecule has 51 heavy (non-hydrogen) atoms. The van der Waals surface area contributed by atoms with Crippen molar-refractivity contribution in [2.45, 2.75) is 75.4 Å². The van der Waals surface area contributed by atoms with Crippen LogP contribution >= 0.6 is 23.2 Å². The molecule has 2 amide bonds. The number of anilines is 3. The molecule has 12 heteroatoms. The number of ether oxygens (including phenoxy) is 1. The van der Waals surface area contributed by atoms with Crippen LogP contribution in [0.3, 0.4) is 0 Å². The van der Waals surface area contributed by atoms with E-state index in [-0.39, 0.29) is 39.1 Å². The van der Waals surface area contributed by atoms with E-state index in [9.17, 15) is 18.0 Å². The van der Waals surface area contributed by atoms with Gasteiger partial charge in [0.05, 0.1) is 21.3 Å². The quantitative estimate of drug-likeness (QED) is 0.149. The van der Waals surface area contributed by atoms with E-state index in [0.717, 1.165) is 23.4 Å². The van der Waals surface area contributed by atoms with Crippen LogP contribution in [0.4, 0.5) is 17.1 Å². The number of carbonyl (C=O) groups excluding carboxylic acids is 2. The topological polar surface area (TPSA) is 117 Å². The van der Waals surface area contributed by atoms with Gasteiger partial charge in [0.1, 0.15) is 5.75 Å². The van der Waals surface area contributed by atoms with Crippen molar-refractivity contribution < 1.29 is 22.7 Å². The van der Waals surface area contributed by atoms with Crippen LogP contribution in [0.5, 0.6) is 5.75 Å². The molecule has 0 radical (unpaired) electrons. The van der Waals surface area contributed by atoms with Crippen molar-refractivity contribution >= 4 is 67.8 Å². The number of halogens is 2. The van der Waals surface area contributed by atoms with E-state index in [1.807, 2.05) is 6.07 Å². The SMILES string of the molecule is CCC(C)(C)c1ccc(OCC(=O)Nc2ccc(N3N=C(Nc4ccc(Cl)cc4Cl)C(S(=O)(=O)c4ccccc4)C3=O)cc2)c(C(C)(C)CC)c1. The van der Waals surface area contributed by atoms with Gasteiger partial charge >= 0.3 is 0 Å². The van der Waals surface area contributed by atoms with Gasteiger partial charge in [0.2, 0.25) is 5.25 Å². The minimum absolute atomic E-state index is 0.00515. The number of nitrogens with one attached hydrogen (secondary N) is 2. The number of benzene rings is 4. The molecule has 0 saturated heterocycles. The van der Waals surface area contributed by atoms with Crippen LogP contribution < -0.4 is 20.4 Å². The average Bonchev–Trinajstić information content (AvgIpc) is 3.45. The van der Waals surface area contributed by atoms with Gasteiger partial charge in [0.25, 0.3) is 11.8 Å². The van der Waals surface area contributed by atoms with Crippen molar-refractivity contribution in [3.8, 4) is 5.75 Å². The van der Waals surface area contributed by atoms with Gasteiger partial charge in [-0.25, -0.2) is 8.42 Å². The Bertz CT molecular complexity index is 2070. The first kappa shape index (κ1) is 37.9. The molecule has 5 rings (SSSR count). The smallest absolute Gasteiger partial charge is 0.274 e. The molecule has 0 aliphatic carbocycles. The van der Waals surface area contributed by atoms with Crippen LogP contribution in [-0.4, -0.2) is 37.9 Å². The van der Waals surface area contributed by atoms with E-state index in [1.54, 1.807) is 54.6 Å². The molecule has 0 aromatic heterocycles. The van der Waals surface area contributed by atoms with E-state index >= 15 is 0 Å². The predicted molar refractivity (Wildman–Crippen MR) is 206 cm³/mol. The molecule has 2 N–H and O–H groups in total. The molecule has 0 spiro atoms. The van der Waals surface area contributed by atoms with Crippen molar-refractivity contribution in [2.75, 3.05) is 22.2 Å². The zero-order valence-electron chi connectivity index (χ0n) is 29.5. The summed E-state index contributed by atoms with van der Waals surface area (Å²) >= 11 is 12.4. The normalized spacial score (nSPS) is 15.1. The van der Waals surface area contributed by atoms with Crippen molar-refractivity contribution in [1.82, 2.24) is 0 Å². The second-order valence-electron chi connectivity index (χ2n) is 13.7. The maximum atomic E-state index is 13.8. The largest absolute Gasteiger partial charge is 0.483 e. The average molecular weight is 750 g/mol. The molecule has 268 valence electrons. The van der Waals surface area contributed by atoms with Gasteiger partial charge in [0, 0.05) is 16.3 Å². The van der Waals surface area contributed by atoms with E-state index in [1.165, 1.54) is 23.8 Å². The zero-order chi connectivity index (χ0) is 37.1. The summed E-state index contributed by atoms with van der Waals surface area (Å²) in [5, 5.41) is 10.1. The van der Waals surface area contributed by atoms with Gasteiger partial charge in [-0.15, -0.1) is 5.10 Å². The summed E-state index contributed by atoms with van der Waals surface area (Å²) in [4.78, 5) is 26.8. The minimum atomic E-state index is -4.22. The van der Waals surface area contributed by atoms with Gasteiger partial charge in [-0.3, -0.25) is 9.59 Å². The number of hydrogen-bond donors (Lipinski definition) is 2. The lowest BCUT2D eigenvalue weighted by molar-refractivity contribution is -0.118. The third-order valence-corrected chi connectivity index (χ3v) is 12.0. The molecule has 4 aromatic carbocycles. The van der Waals surface area contributed by atoms with E-state index < -0.39 is 21.0 Å². The number of carbonyl (C=O) groups is 2. The lowest BCUT2D eigenvalue weighted by atomic mass is 9.76. The number of hydrazone groups is 1. The van der Waals surface area contributed by atoms with Crippen molar-refractivity contribution in [2.24, 2.45) is 5.10 Å². The summed E-state index contributed by atoms with van der Waals surface area (Å²) in [5.74, 6) is -0.607. The van der Waals surface area contributed by atoms with E-state index in [4.69, 9.17) is 27.9 Å². The number of amidine groups is 1. The van der Waals surface area contributed by atoms with Crippen molar-refractivity contribution in [1.29, 1.82) is 0 Å². The van der Waals surface area contributed by atoms with Crippen molar-refractivity contribution in [3.05, 3.63) is 112 Å². The summed E-state index contributed by atoms with van der Waals surface area (Å²) in [6, 6.07) is 24.9. The van der Waals surface area contributed by atoms with Crippen LogP contribution in [0.1, 0.15) is 65.5 Å². The maximum Gasteiger partial charge on any atom is 0.274 e. The Kier molecular flexibility index (Phi) is 11.2. The van der Waals surface area contributed by atoms with Gasteiger partial charge in [-0.1, -0.05) is 95.1 Å². The molecule has 0 saturated carbocycles. The Morgan fingerprint density at radius 3 is 2.18 bits per heavy atom. The molecular weight excluding hydrogens is 707 g/mol. The molecule has 4 aromatic rings. The molecule has 1 unspecified atom stereocenters. The lowest BCUT2D eigenvalue weighted by Gasteiger charge is -2.30. The molecule has 1 atom stereocenters. The van der Waals surface area contributed by atoms with Crippen LogP contribution in [0, 0.1) is 0 Å². The highest BCUT2D eigenvalue weighted by Gasteiger charge is 2.47. The second kappa shape index (κ2) is 15.1. The molecule has 1 aliphatic rings. The molecule has 1 aliphatic heterocycles. The van der Waals surface area contributed by atoms with Gasteiger partial charge in [0.15, 0.2) is 22.3 Å². The standard InChI is InChI=1S/C39H42Cl2N4O5S/c1-7-38(3,4)25-14-21-33(30(22-25)39(5,6)8-2)50-24-34(46)42-27-16-18-28(19-17-27)45-37(47)35(51(48,49)29-12-10-9-11-13-29)36(44-45)43-32-20-15-26(40)23-31(32)41/h9-23,35H,7-8,24H2,1-6H3,(H,42,46)(H,43,44). The Morgan fingerprint density at radius 2 is 1.55 bits per heavy atom. The monoisotopic (exact) mass is 748 g/mol. The zero-order valence-corrected chi connectivity index (χ0v) is 31.8. The summed E-state index contributed by atoms with van der Waals surface area (Å²) in [5.41, 5.74) is 3.20. The summed E-state index contributed by atoms with van der Waals surface area (Å²) in [6.07, 6.45) is 1.88. The van der Waals surface area contributed by atoms with E-state index in [0.29, 0.717) is 27.8 Å². The number of hydrogen-bond acceptors (Lipinski definition) is 7. The number of rotatable bonds is 12. The minimum Gasteiger partial charge on any atom is -0.483 e. The fourth-order valence-electron chi connectivity index (χ4n) is 5.49. The highest BCUT2D eigenvalue weighted by molar-refractivity contribution is 7.93. The maximum absolute atomic E-state index is 13.8. The highest BCUT2D eigenvalue weighted by Crippen LogP contribution is 2.39. The molecule has 1 heterocycles. The van der Waals surface area contributed by atoms with Crippen LogP contribution in [0.25, 0.3) is 0 Å². The molecule has 0 bridgehead atoms. The predicted octanol–water partition coefficient (Wildman–Crippen LogP) is 9.00. The summed E-state index contributed by atoms with van der Waals surface area (Å²) < 4.78 is 33.6. The first-order chi connectivity index (χ1) is 24.1.